The highest BCUT2D eigenvalue weighted by Gasteiger charge is 2.21. The molecule has 0 fully saturated rings. The van der Waals surface area contributed by atoms with Crippen molar-refractivity contribution in [3.63, 3.8) is 0 Å². The quantitative estimate of drug-likeness (QED) is 0.469. The molecule has 0 N–H and O–H groups in total. The van der Waals surface area contributed by atoms with Crippen LogP contribution in [0.4, 0.5) is 0 Å². The second-order valence-electron chi connectivity index (χ2n) is 5.60. The molecule has 0 unspecified atom stereocenters. The lowest BCUT2D eigenvalue weighted by molar-refractivity contribution is -0.142. The summed E-state index contributed by atoms with van der Waals surface area (Å²) in [6.07, 6.45) is 2.62. The molecular formula is C18H17ClN2O4S. The van der Waals surface area contributed by atoms with Crippen LogP contribution in [-0.4, -0.2) is 35.4 Å². The predicted octanol–water partition coefficient (Wildman–Crippen LogP) is 3.95. The predicted molar refractivity (Wildman–Crippen MR) is 101 cm³/mol. The maximum atomic E-state index is 11.7. The number of hydrogen-bond acceptors (Lipinski definition) is 6. The Morgan fingerprint density at radius 1 is 1.42 bits per heavy atom. The first-order chi connectivity index (χ1) is 12.5. The summed E-state index contributed by atoms with van der Waals surface area (Å²) in [4.78, 5) is 29.4. The van der Waals surface area contributed by atoms with Crippen molar-refractivity contribution in [2.75, 3.05) is 13.7 Å². The smallest absolute Gasteiger partial charge is 0.311 e. The van der Waals surface area contributed by atoms with Crippen LogP contribution >= 0.6 is 22.9 Å². The van der Waals surface area contributed by atoms with E-state index < -0.39 is 0 Å². The van der Waals surface area contributed by atoms with Crippen molar-refractivity contribution in [2.24, 2.45) is 0 Å². The van der Waals surface area contributed by atoms with Gasteiger partial charge in [-0.1, -0.05) is 11.6 Å². The molecule has 136 valence electrons. The summed E-state index contributed by atoms with van der Waals surface area (Å²) < 4.78 is 12.1. The molecule has 0 aliphatic heterocycles. The molecule has 0 saturated carbocycles. The van der Waals surface area contributed by atoms with Crippen molar-refractivity contribution in [2.45, 2.75) is 20.3 Å². The topological polar surface area (TPSA) is 69.9 Å². The van der Waals surface area contributed by atoms with Gasteiger partial charge in [0.2, 0.25) is 0 Å². The monoisotopic (exact) mass is 392 g/mol. The van der Waals surface area contributed by atoms with E-state index >= 15 is 0 Å². The Balaban J connectivity index is 2.08. The molecule has 0 radical (unpaired) electrons. The van der Waals surface area contributed by atoms with Crippen LogP contribution in [0.3, 0.4) is 0 Å². The third-order valence-electron chi connectivity index (χ3n) is 3.88. The van der Waals surface area contributed by atoms with Crippen molar-refractivity contribution in [3.8, 4) is 17.0 Å². The van der Waals surface area contributed by atoms with Gasteiger partial charge in [0, 0.05) is 21.7 Å². The molecule has 2 aromatic heterocycles. The van der Waals surface area contributed by atoms with Gasteiger partial charge in [0.05, 0.1) is 20.1 Å². The average Bonchev–Trinajstić information content (AvgIpc) is 3.13. The number of aldehydes is 1. The summed E-state index contributed by atoms with van der Waals surface area (Å²) >= 11 is 7.58. The average molecular weight is 393 g/mol. The molecular weight excluding hydrogens is 376 g/mol. The van der Waals surface area contributed by atoms with E-state index in [0.717, 1.165) is 16.7 Å². The summed E-state index contributed by atoms with van der Waals surface area (Å²) in [6, 6.07) is 3.56. The third-order valence-corrected chi connectivity index (χ3v) is 5.27. The zero-order valence-electron chi connectivity index (χ0n) is 14.5. The lowest BCUT2D eigenvalue weighted by Gasteiger charge is -2.09. The number of esters is 1. The van der Waals surface area contributed by atoms with Gasteiger partial charge in [-0.2, -0.15) is 0 Å². The number of halogens is 1. The SMILES string of the molecule is CCOC(=O)Cc1cn2c(C=O)c(-c3cc(Cl)c(C)cc3OC)nc2s1. The molecule has 6 nitrogen and oxygen atoms in total. The summed E-state index contributed by atoms with van der Waals surface area (Å²) in [5, 5.41) is 0.567. The molecule has 2 heterocycles. The van der Waals surface area contributed by atoms with E-state index in [1.807, 2.05) is 13.0 Å². The maximum absolute atomic E-state index is 11.7. The van der Waals surface area contributed by atoms with Crippen LogP contribution in [0, 0.1) is 6.92 Å². The fourth-order valence-corrected chi connectivity index (χ4v) is 3.80. The number of benzene rings is 1. The van der Waals surface area contributed by atoms with Crippen LogP contribution in [0.1, 0.15) is 27.9 Å². The Morgan fingerprint density at radius 3 is 2.85 bits per heavy atom. The Bertz CT molecular complexity index is 993. The van der Waals surface area contributed by atoms with E-state index in [0.29, 0.717) is 39.3 Å². The molecule has 8 heteroatoms. The van der Waals surface area contributed by atoms with Gasteiger partial charge in [-0.05, 0) is 31.5 Å². The zero-order valence-corrected chi connectivity index (χ0v) is 16.1. The van der Waals surface area contributed by atoms with Crippen LogP contribution < -0.4 is 4.74 Å². The van der Waals surface area contributed by atoms with Gasteiger partial charge < -0.3 is 9.47 Å². The fourth-order valence-electron chi connectivity index (χ4n) is 2.66. The minimum Gasteiger partial charge on any atom is -0.496 e. The van der Waals surface area contributed by atoms with E-state index in [2.05, 4.69) is 4.98 Å². The van der Waals surface area contributed by atoms with Gasteiger partial charge in [0.1, 0.15) is 17.1 Å². The molecule has 3 rings (SSSR count). The summed E-state index contributed by atoms with van der Waals surface area (Å²) in [7, 11) is 1.56. The Hall–Kier alpha value is -2.38. The molecule has 0 spiro atoms. The number of imidazole rings is 1. The molecule has 0 amide bonds. The zero-order chi connectivity index (χ0) is 18.8. The highest BCUT2D eigenvalue weighted by atomic mass is 35.5. The number of nitrogens with zero attached hydrogens (tertiary/aromatic N) is 2. The molecule has 0 aliphatic carbocycles. The molecule has 0 atom stereocenters. The van der Waals surface area contributed by atoms with E-state index in [4.69, 9.17) is 21.1 Å². The van der Waals surface area contributed by atoms with Crippen molar-refractivity contribution in [1.82, 2.24) is 9.38 Å². The van der Waals surface area contributed by atoms with Crippen LogP contribution in [-0.2, 0) is 16.0 Å². The van der Waals surface area contributed by atoms with E-state index in [1.54, 1.807) is 30.7 Å². The van der Waals surface area contributed by atoms with Crippen molar-refractivity contribution >= 4 is 40.2 Å². The van der Waals surface area contributed by atoms with Gasteiger partial charge in [0.25, 0.3) is 0 Å². The number of ether oxygens (including phenoxy) is 2. The van der Waals surface area contributed by atoms with E-state index in [-0.39, 0.29) is 12.4 Å². The Kier molecular flexibility index (Phi) is 5.29. The lowest BCUT2D eigenvalue weighted by atomic mass is 10.1. The largest absolute Gasteiger partial charge is 0.496 e. The highest BCUT2D eigenvalue weighted by molar-refractivity contribution is 7.17. The summed E-state index contributed by atoms with van der Waals surface area (Å²) in [6.45, 7) is 3.97. The van der Waals surface area contributed by atoms with E-state index in [9.17, 15) is 9.59 Å². The summed E-state index contributed by atoms with van der Waals surface area (Å²) in [5.41, 5.74) is 2.39. The number of aryl methyl sites for hydroxylation is 1. The van der Waals surface area contributed by atoms with Gasteiger partial charge in [0.15, 0.2) is 11.2 Å². The molecule has 3 aromatic rings. The van der Waals surface area contributed by atoms with Crippen LogP contribution in [0.15, 0.2) is 18.3 Å². The standard InChI is InChI=1S/C18H17ClN2O4S/c1-4-25-16(23)6-11-8-21-14(9-22)17(20-18(21)26-11)12-7-13(19)10(2)5-15(12)24-3/h5,7-9H,4,6H2,1-3H3. The van der Waals surface area contributed by atoms with Crippen molar-refractivity contribution in [3.05, 3.63) is 39.5 Å². The van der Waals surface area contributed by atoms with Gasteiger partial charge in [-0.25, -0.2) is 4.98 Å². The Morgan fingerprint density at radius 2 is 2.19 bits per heavy atom. The number of carbonyl (C=O) groups is 2. The minimum atomic E-state index is -0.308. The molecule has 26 heavy (non-hydrogen) atoms. The summed E-state index contributed by atoms with van der Waals surface area (Å²) in [5.74, 6) is 0.282. The first-order valence-electron chi connectivity index (χ1n) is 7.94. The minimum absolute atomic E-state index is 0.148. The first kappa shape index (κ1) is 18.4. The van der Waals surface area contributed by atoms with Crippen molar-refractivity contribution < 1.29 is 19.1 Å². The number of hydrogen-bond donors (Lipinski definition) is 0. The molecule has 0 aliphatic rings. The number of fused-ring (bicyclic) bond motifs is 1. The van der Waals surface area contributed by atoms with Crippen LogP contribution in [0.2, 0.25) is 5.02 Å². The molecule has 1 aromatic carbocycles. The van der Waals surface area contributed by atoms with E-state index in [1.165, 1.54) is 11.3 Å². The number of thiazole rings is 1. The first-order valence-corrected chi connectivity index (χ1v) is 9.14. The second kappa shape index (κ2) is 7.47. The molecule has 0 saturated heterocycles. The van der Waals surface area contributed by atoms with Crippen LogP contribution in [0.25, 0.3) is 16.2 Å². The second-order valence-corrected chi connectivity index (χ2v) is 7.10. The third kappa shape index (κ3) is 3.32. The number of carbonyl (C=O) groups excluding carboxylic acids is 2. The van der Waals surface area contributed by atoms with Gasteiger partial charge in [-0.3, -0.25) is 14.0 Å². The Labute approximate surface area is 159 Å². The van der Waals surface area contributed by atoms with Crippen molar-refractivity contribution in [1.29, 1.82) is 0 Å². The lowest BCUT2D eigenvalue weighted by Crippen LogP contribution is -2.06. The number of aromatic nitrogens is 2. The van der Waals surface area contributed by atoms with Gasteiger partial charge >= 0.3 is 5.97 Å². The normalized spacial score (nSPS) is 10.9. The maximum Gasteiger partial charge on any atom is 0.311 e. The fraction of sp³-hybridized carbons (Fsp3) is 0.278. The molecule has 0 bridgehead atoms. The number of rotatable bonds is 6. The van der Waals surface area contributed by atoms with Gasteiger partial charge in [-0.15, -0.1) is 11.3 Å². The highest BCUT2D eigenvalue weighted by Crippen LogP contribution is 2.37. The number of methoxy groups -OCH3 is 1. The van der Waals surface area contributed by atoms with Crippen LogP contribution in [0.5, 0.6) is 5.75 Å².